The van der Waals surface area contributed by atoms with E-state index in [1.165, 1.54) is 18.3 Å². The summed E-state index contributed by atoms with van der Waals surface area (Å²) in [5.41, 5.74) is 2.98. The predicted molar refractivity (Wildman–Crippen MR) is 111 cm³/mol. The molecular weight excluding hydrogens is 387 g/mol. The summed E-state index contributed by atoms with van der Waals surface area (Å²) in [5, 5.41) is 3.70. The van der Waals surface area contributed by atoms with Gasteiger partial charge in [0.25, 0.3) is 0 Å². The van der Waals surface area contributed by atoms with Crippen LogP contribution in [-0.4, -0.2) is 8.42 Å². The third-order valence-corrected chi connectivity index (χ3v) is 6.58. The number of hydrogen-bond donors (Lipinski definition) is 1. The van der Waals surface area contributed by atoms with Crippen molar-refractivity contribution in [2.45, 2.75) is 23.3 Å². The Balaban J connectivity index is 1.87. The van der Waals surface area contributed by atoms with E-state index >= 15 is 0 Å². The quantitative estimate of drug-likeness (QED) is 0.528. The van der Waals surface area contributed by atoms with Crippen LogP contribution in [-0.2, 0) is 16.4 Å². The smallest absolute Gasteiger partial charge is 0.214 e. The third-order valence-electron chi connectivity index (χ3n) is 4.79. The van der Waals surface area contributed by atoms with Crippen LogP contribution in [0.25, 0.3) is 10.9 Å². The number of aromatic amines is 1. The summed E-state index contributed by atoms with van der Waals surface area (Å²) in [5.74, 6) is -0.432. The summed E-state index contributed by atoms with van der Waals surface area (Å²) in [7, 11) is -3.81. The first-order valence-corrected chi connectivity index (χ1v) is 10.7. The van der Waals surface area contributed by atoms with Crippen LogP contribution in [0.1, 0.15) is 11.1 Å². The maximum absolute atomic E-state index is 14.0. The fraction of sp³-hybridized carbons (Fsp3) is 0.0870. The van der Waals surface area contributed by atoms with Gasteiger partial charge in [0.2, 0.25) is 15.4 Å². The second kappa shape index (κ2) is 7.64. The van der Waals surface area contributed by atoms with E-state index in [1.807, 2.05) is 37.3 Å². The maximum atomic E-state index is 14.0. The highest BCUT2D eigenvalue weighted by molar-refractivity contribution is 7.91. The number of H-pyrrole nitrogens is 1. The topological polar surface area (TPSA) is 60.3 Å². The van der Waals surface area contributed by atoms with Gasteiger partial charge in [0.15, 0.2) is 11.1 Å². The molecule has 3 aromatic carbocycles. The molecule has 4 nitrogen and oxygen atoms in total. The molecular formula is C23H20FN2O2S+. The Kier molecular flexibility index (Phi) is 5.03. The number of benzene rings is 3. The van der Waals surface area contributed by atoms with Gasteiger partial charge in [0.05, 0.1) is 16.0 Å². The number of pyridine rings is 1. The Morgan fingerprint density at radius 2 is 1.69 bits per heavy atom. The van der Waals surface area contributed by atoms with Crippen LogP contribution in [0.2, 0.25) is 0 Å². The first kappa shape index (κ1) is 19.1. The van der Waals surface area contributed by atoms with Crippen LogP contribution < -0.4 is 10.3 Å². The predicted octanol–water partition coefficient (Wildman–Crippen LogP) is 4.55. The molecule has 4 aromatic rings. The number of sulfone groups is 1. The molecule has 0 amide bonds. The molecule has 4 rings (SSSR count). The van der Waals surface area contributed by atoms with Crippen LogP contribution in [0.3, 0.4) is 0 Å². The fourth-order valence-electron chi connectivity index (χ4n) is 3.22. The van der Waals surface area contributed by atoms with Gasteiger partial charge in [-0.25, -0.2) is 17.8 Å². The summed E-state index contributed by atoms with van der Waals surface area (Å²) >= 11 is 0. The fourth-order valence-corrected chi connectivity index (χ4v) is 4.64. The van der Waals surface area contributed by atoms with Gasteiger partial charge in [-0.1, -0.05) is 48.0 Å². The summed E-state index contributed by atoms with van der Waals surface area (Å²) in [6, 6.07) is 20.6. The lowest BCUT2D eigenvalue weighted by molar-refractivity contribution is -0.347. The number of fused-ring (bicyclic) bond motifs is 1. The van der Waals surface area contributed by atoms with E-state index in [1.54, 1.807) is 30.3 Å². The number of rotatable bonds is 5. The molecule has 1 heterocycles. The molecule has 0 atom stereocenters. The Morgan fingerprint density at radius 3 is 2.41 bits per heavy atom. The highest BCUT2D eigenvalue weighted by Gasteiger charge is 2.26. The highest BCUT2D eigenvalue weighted by Crippen LogP contribution is 2.32. The van der Waals surface area contributed by atoms with Gasteiger partial charge >= 0.3 is 0 Å². The number of nitrogens with one attached hydrogen (secondary N) is 2. The van der Waals surface area contributed by atoms with Crippen LogP contribution >= 0.6 is 0 Å². The summed E-state index contributed by atoms with van der Waals surface area (Å²) < 4.78 is 40.7. The zero-order valence-corrected chi connectivity index (χ0v) is 16.6. The molecule has 0 spiro atoms. The Bertz CT molecular complexity index is 1270. The van der Waals surface area contributed by atoms with Crippen molar-refractivity contribution in [2.75, 3.05) is 5.32 Å². The molecule has 0 unspecified atom stereocenters. The number of anilines is 1. The van der Waals surface area contributed by atoms with Crippen molar-refractivity contribution < 1.29 is 17.8 Å². The Morgan fingerprint density at radius 1 is 0.966 bits per heavy atom. The highest BCUT2D eigenvalue weighted by atomic mass is 32.2. The summed E-state index contributed by atoms with van der Waals surface area (Å²) in [6.45, 7) is 2.31. The number of hydrogen-bond acceptors (Lipinski definition) is 3. The van der Waals surface area contributed by atoms with Crippen molar-refractivity contribution in [3.05, 3.63) is 95.9 Å². The summed E-state index contributed by atoms with van der Waals surface area (Å²) in [6.07, 6.45) is 1.46. The average molecular weight is 407 g/mol. The van der Waals surface area contributed by atoms with Crippen molar-refractivity contribution >= 4 is 26.4 Å². The van der Waals surface area contributed by atoms with Crippen molar-refractivity contribution in [1.82, 2.24) is 0 Å². The molecule has 0 bridgehead atoms. The first-order valence-electron chi connectivity index (χ1n) is 9.19. The first-order chi connectivity index (χ1) is 13.9. The second-order valence-corrected chi connectivity index (χ2v) is 8.79. The van der Waals surface area contributed by atoms with Crippen LogP contribution in [0.4, 0.5) is 10.1 Å². The van der Waals surface area contributed by atoms with Crippen molar-refractivity contribution in [2.24, 2.45) is 0 Å². The van der Waals surface area contributed by atoms with E-state index in [2.05, 4.69) is 10.3 Å². The summed E-state index contributed by atoms with van der Waals surface area (Å²) in [4.78, 5) is 3.26. The van der Waals surface area contributed by atoms with Crippen LogP contribution in [0.15, 0.2) is 88.8 Å². The molecule has 0 aliphatic heterocycles. The van der Waals surface area contributed by atoms with E-state index in [0.717, 1.165) is 11.1 Å². The lowest BCUT2D eigenvalue weighted by Gasteiger charge is -2.13. The normalized spacial score (nSPS) is 11.5. The number of halogens is 1. The molecule has 0 aliphatic carbocycles. The molecule has 0 radical (unpaired) electrons. The SMILES string of the molecule is Cc1ccc(S(=O)(=O)c2c[nH+]c3ccc(F)cc3c2NCc2ccccc2)cc1. The van der Waals surface area contributed by atoms with E-state index in [4.69, 9.17) is 0 Å². The molecule has 0 saturated carbocycles. The average Bonchev–Trinajstić information content (AvgIpc) is 2.73. The minimum atomic E-state index is -3.81. The van der Waals surface area contributed by atoms with Gasteiger partial charge in [-0.05, 0) is 36.8 Å². The molecule has 0 saturated heterocycles. The number of aromatic nitrogens is 1. The molecule has 0 fully saturated rings. The lowest BCUT2D eigenvalue weighted by atomic mass is 10.1. The van der Waals surface area contributed by atoms with Crippen LogP contribution in [0, 0.1) is 12.7 Å². The standard InChI is InChI=1S/C23H19FN2O2S/c1-16-7-10-19(11-8-16)29(27,28)22-15-25-21-12-9-18(24)13-20(21)23(22)26-14-17-5-3-2-4-6-17/h2-13,15H,14H2,1H3,(H,25,26)/p+1. The van der Waals surface area contributed by atoms with E-state index in [9.17, 15) is 12.8 Å². The van der Waals surface area contributed by atoms with Gasteiger partial charge in [-0.2, -0.15) is 0 Å². The Hall–Kier alpha value is -3.25. The van der Waals surface area contributed by atoms with Gasteiger partial charge in [-0.15, -0.1) is 0 Å². The van der Waals surface area contributed by atoms with E-state index < -0.39 is 15.7 Å². The Labute approximate surface area is 169 Å². The molecule has 6 heteroatoms. The van der Waals surface area contributed by atoms with E-state index in [0.29, 0.717) is 23.1 Å². The van der Waals surface area contributed by atoms with Gasteiger partial charge < -0.3 is 5.32 Å². The zero-order valence-electron chi connectivity index (χ0n) is 15.8. The minimum Gasteiger partial charge on any atom is -0.379 e. The largest absolute Gasteiger partial charge is 0.379 e. The second-order valence-electron chi connectivity index (χ2n) is 6.87. The van der Waals surface area contributed by atoms with Gasteiger partial charge in [-0.3, -0.25) is 0 Å². The minimum absolute atomic E-state index is 0.0791. The van der Waals surface area contributed by atoms with Crippen LogP contribution in [0.5, 0.6) is 0 Å². The maximum Gasteiger partial charge on any atom is 0.214 e. The number of aryl methyl sites for hydroxylation is 1. The van der Waals surface area contributed by atoms with E-state index in [-0.39, 0.29) is 9.79 Å². The molecule has 146 valence electrons. The zero-order chi connectivity index (χ0) is 20.4. The molecule has 1 aromatic heterocycles. The van der Waals surface area contributed by atoms with Crippen molar-refractivity contribution in [3.63, 3.8) is 0 Å². The lowest BCUT2D eigenvalue weighted by Crippen LogP contribution is -2.15. The van der Waals surface area contributed by atoms with Crippen molar-refractivity contribution in [3.8, 4) is 0 Å². The molecule has 2 N–H and O–H groups in total. The molecule has 0 aliphatic rings. The molecule has 29 heavy (non-hydrogen) atoms. The van der Waals surface area contributed by atoms with Crippen molar-refractivity contribution in [1.29, 1.82) is 0 Å². The monoisotopic (exact) mass is 407 g/mol. The van der Waals surface area contributed by atoms with Gasteiger partial charge in [0, 0.05) is 12.6 Å². The third kappa shape index (κ3) is 3.84. The van der Waals surface area contributed by atoms with Gasteiger partial charge in [0.1, 0.15) is 5.82 Å².